The molecular formula is C14H3BrClF3O4S. The summed E-state index contributed by atoms with van der Waals surface area (Å²) in [6, 6.07) is 3.00. The maximum absolute atomic E-state index is 13.5. The molecule has 0 amide bonds. The Morgan fingerprint density at radius 2 is 1.79 bits per heavy atom. The Kier molecular flexibility index (Phi) is 4.13. The molecule has 0 radical (unpaired) electrons. The highest BCUT2D eigenvalue weighted by atomic mass is 79.9. The molecule has 1 heterocycles. The van der Waals surface area contributed by atoms with Crippen molar-refractivity contribution in [3.63, 3.8) is 0 Å². The van der Waals surface area contributed by atoms with Crippen LogP contribution < -0.4 is 4.74 Å². The van der Waals surface area contributed by atoms with E-state index in [4.69, 9.17) is 16.3 Å². The monoisotopic (exact) mass is 438 g/mol. The third-order valence-corrected chi connectivity index (χ3v) is 5.05. The zero-order valence-electron chi connectivity index (χ0n) is 11.2. The molecule has 0 atom stereocenters. The summed E-state index contributed by atoms with van der Waals surface area (Å²) < 4.78 is 45.1. The number of Topliss-reactive ketones (excluding diaryl/α,β-unsaturated/α-hetero) is 3. The lowest BCUT2D eigenvalue weighted by molar-refractivity contribution is -0.133. The molecule has 10 heteroatoms. The average Bonchev–Trinajstić information content (AvgIpc) is 2.71. The van der Waals surface area contributed by atoms with Crippen LogP contribution in [0.2, 0.25) is 5.02 Å². The van der Waals surface area contributed by atoms with Gasteiger partial charge in [0.1, 0.15) is 11.6 Å². The maximum atomic E-state index is 13.5. The second-order valence-corrected chi connectivity index (χ2v) is 7.02. The van der Waals surface area contributed by atoms with Crippen molar-refractivity contribution < 1.29 is 32.3 Å². The minimum absolute atomic E-state index is 0.0461. The normalized spacial score (nSPS) is 20.0. The Hall–Kier alpha value is -1.58. The lowest BCUT2D eigenvalue weighted by Gasteiger charge is -2.16. The van der Waals surface area contributed by atoms with E-state index in [-0.39, 0.29) is 22.5 Å². The first-order valence-corrected chi connectivity index (χ1v) is 8.09. The smallest absolute Gasteiger partial charge is 0.360 e. The fourth-order valence-corrected chi connectivity index (χ4v) is 3.96. The molecule has 0 bridgehead atoms. The van der Waals surface area contributed by atoms with Crippen LogP contribution in [0, 0.1) is 5.82 Å². The first-order valence-electron chi connectivity index (χ1n) is 6.11. The maximum Gasteiger partial charge on any atom is 0.360 e. The van der Waals surface area contributed by atoms with Crippen LogP contribution >= 0.6 is 39.3 Å². The lowest BCUT2D eigenvalue weighted by atomic mass is 10.00. The van der Waals surface area contributed by atoms with Crippen LogP contribution in [0.3, 0.4) is 0 Å². The standard InChI is InChI=1S/C14H3BrClF3O4S/c15-8-7-12(24-14(18,19)13(7)22)10(21)9(20)11(8)23-6-2-4(16)1-5(17)3-6/h1-3H. The molecule has 0 unspecified atom stereocenters. The van der Waals surface area contributed by atoms with Crippen molar-refractivity contribution in [1.82, 2.24) is 0 Å². The summed E-state index contributed by atoms with van der Waals surface area (Å²) >= 11 is 8.21. The summed E-state index contributed by atoms with van der Waals surface area (Å²) in [6.07, 6.45) is 0. The molecule has 2 aliphatic rings. The quantitative estimate of drug-likeness (QED) is 0.518. The number of thioether (sulfide) groups is 1. The van der Waals surface area contributed by atoms with E-state index in [1.54, 1.807) is 0 Å². The SMILES string of the molecule is O=C1C(=O)C2=C(C(=O)C(F)(F)S2)C(Br)=C1Oc1cc(F)cc(Cl)c1. The van der Waals surface area contributed by atoms with Crippen molar-refractivity contribution in [3.8, 4) is 5.75 Å². The first-order chi connectivity index (χ1) is 11.1. The van der Waals surface area contributed by atoms with Gasteiger partial charge in [-0.15, -0.1) is 0 Å². The Labute approximate surface area is 149 Å². The van der Waals surface area contributed by atoms with Crippen LogP contribution in [0.5, 0.6) is 5.75 Å². The molecule has 0 saturated carbocycles. The number of hydrogen-bond acceptors (Lipinski definition) is 5. The molecule has 124 valence electrons. The highest BCUT2D eigenvalue weighted by Gasteiger charge is 2.56. The minimum Gasteiger partial charge on any atom is -0.452 e. The number of halogens is 5. The Bertz CT molecular complexity index is 874. The van der Waals surface area contributed by atoms with Crippen molar-refractivity contribution in [3.05, 3.63) is 49.8 Å². The van der Waals surface area contributed by atoms with Gasteiger partial charge in [0.25, 0.3) is 5.78 Å². The fraction of sp³-hybridized carbons (Fsp3) is 0.0714. The number of ketones is 3. The molecule has 1 aliphatic heterocycles. The van der Waals surface area contributed by atoms with Crippen molar-refractivity contribution in [2.75, 3.05) is 0 Å². The molecule has 0 N–H and O–H groups in total. The molecule has 0 spiro atoms. The number of carbonyl (C=O) groups is 3. The highest BCUT2D eigenvalue weighted by molar-refractivity contribution is 9.12. The van der Waals surface area contributed by atoms with E-state index in [0.717, 1.165) is 18.2 Å². The minimum atomic E-state index is -3.85. The third kappa shape index (κ3) is 2.70. The van der Waals surface area contributed by atoms with Crippen LogP contribution in [0.4, 0.5) is 13.2 Å². The zero-order chi connectivity index (χ0) is 17.8. The van der Waals surface area contributed by atoms with Gasteiger partial charge in [0.05, 0.1) is 15.0 Å². The van der Waals surface area contributed by atoms with E-state index in [1.165, 1.54) is 0 Å². The number of carbonyl (C=O) groups excluding carboxylic acids is 3. The van der Waals surface area contributed by atoms with Gasteiger partial charge in [-0.2, -0.15) is 8.78 Å². The molecule has 24 heavy (non-hydrogen) atoms. The van der Waals surface area contributed by atoms with Crippen molar-refractivity contribution in [2.24, 2.45) is 0 Å². The summed E-state index contributed by atoms with van der Waals surface area (Å²) in [6.45, 7) is 0. The second kappa shape index (κ2) is 5.75. The molecule has 4 nitrogen and oxygen atoms in total. The van der Waals surface area contributed by atoms with Crippen molar-refractivity contribution in [1.29, 1.82) is 0 Å². The summed E-state index contributed by atoms with van der Waals surface area (Å²) in [5, 5.41) is -3.90. The van der Waals surface area contributed by atoms with Crippen molar-refractivity contribution in [2.45, 2.75) is 5.25 Å². The van der Waals surface area contributed by atoms with Crippen LogP contribution in [0.25, 0.3) is 0 Å². The lowest BCUT2D eigenvalue weighted by Crippen LogP contribution is -2.27. The molecule has 1 aromatic carbocycles. The first kappa shape index (κ1) is 17.2. The number of benzene rings is 1. The van der Waals surface area contributed by atoms with Gasteiger partial charge in [0, 0.05) is 11.1 Å². The summed E-state index contributed by atoms with van der Waals surface area (Å²) in [4.78, 5) is 35.1. The second-order valence-electron chi connectivity index (χ2n) is 4.66. The summed E-state index contributed by atoms with van der Waals surface area (Å²) in [5.41, 5.74) is -0.632. The van der Waals surface area contributed by atoms with Crippen LogP contribution in [-0.4, -0.2) is 22.6 Å². The van der Waals surface area contributed by atoms with Gasteiger partial charge in [-0.25, -0.2) is 4.39 Å². The van der Waals surface area contributed by atoms with Crippen molar-refractivity contribution >= 4 is 56.6 Å². The Balaban J connectivity index is 2.09. The average molecular weight is 440 g/mol. The summed E-state index contributed by atoms with van der Waals surface area (Å²) in [5.74, 6) is -5.84. The highest BCUT2D eigenvalue weighted by Crippen LogP contribution is 2.51. The number of allylic oxidation sites excluding steroid dienone is 4. The Morgan fingerprint density at radius 3 is 2.42 bits per heavy atom. The number of hydrogen-bond donors (Lipinski definition) is 0. The number of alkyl halides is 2. The number of ether oxygens (including phenoxy) is 1. The zero-order valence-corrected chi connectivity index (χ0v) is 14.3. The predicted molar refractivity (Wildman–Crippen MR) is 82.6 cm³/mol. The van der Waals surface area contributed by atoms with E-state index >= 15 is 0 Å². The van der Waals surface area contributed by atoms with Gasteiger partial charge in [-0.1, -0.05) is 11.6 Å². The Morgan fingerprint density at radius 1 is 1.12 bits per heavy atom. The van der Waals surface area contributed by atoms with Gasteiger partial charge >= 0.3 is 5.25 Å². The van der Waals surface area contributed by atoms with Crippen LogP contribution in [0.1, 0.15) is 0 Å². The molecular weight excluding hydrogens is 437 g/mol. The predicted octanol–water partition coefficient (Wildman–Crippen LogP) is 3.78. The molecule has 0 fully saturated rings. The molecule has 0 saturated heterocycles. The van der Waals surface area contributed by atoms with Crippen LogP contribution in [0.15, 0.2) is 38.9 Å². The van der Waals surface area contributed by atoms with E-state index in [0.29, 0.717) is 0 Å². The molecule has 3 rings (SSSR count). The van der Waals surface area contributed by atoms with Gasteiger partial charge in [0.15, 0.2) is 5.76 Å². The molecule has 1 aliphatic carbocycles. The van der Waals surface area contributed by atoms with E-state index in [9.17, 15) is 27.6 Å². The molecule has 1 aromatic rings. The summed E-state index contributed by atoms with van der Waals surface area (Å²) in [7, 11) is 0. The van der Waals surface area contributed by atoms with Gasteiger partial charge < -0.3 is 4.74 Å². The van der Waals surface area contributed by atoms with E-state index < -0.39 is 49.1 Å². The van der Waals surface area contributed by atoms with Gasteiger partial charge in [-0.05, 0) is 39.8 Å². The van der Waals surface area contributed by atoms with E-state index in [1.807, 2.05) is 0 Å². The van der Waals surface area contributed by atoms with E-state index in [2.05, 4.69) is 15.9 Å². The molecule has 0 aromatic heterocycles. The number of rotatable bonds is 2. The third-order valence-electron chi connectivity index (χ3n) is 3.04. The van der Waals surface area contributed by atoms with Gasteiger partial charge in [-0.3, -0.25) is 14.4 Å². The fourth-order valence-electron chi connectivity index (χ4n) is 2.05. The van der Waals surface area contributed by atoms with Gasteiger partial charge in [0.2, 0.25) is 11.6 Å². The largest absolute Gasteiger partial charge is 0.452 e. The van der Waals surface area contributed by atoms with Crippen LogP contribution in [-0.2, 0) is 14.4 Å². The topological polar surface area (TPSA) is 60.4 Å².